The van der Waals surface area contributed by atoms with Gasteiger partial charge < -0.3 is 10.2 Å². The molecule has 0 aromatic carbocycles. The minimum Gasteiger partial charge on any atom is -0.309 e. The number of aromatic nitrogens is 2. The van der Waals surface area contributed by atoms with Crippen molar-refractivity contribution >= 4 is 0 Å². The second kappa shape index (κ2) is 5.85. The molecule has 4 heteroatoms. The van der Waals surface area contributed by atoms with Gasteiger partial charge in [0.2, 0.25) is 0 Å². The molecular formula is C14H26N4. The summed E-state index contributed by atoms with van der Waals surface area (Å²) < 4.78 is 1.97. The number of hydrogen-bond donors (Lipinski definition) is 1. The molecule has 1 aromatic heterocycles. The molecule has 1 atom stereocenters. The van der Waals surface area contributed by atoms with Crippen LogP contribution in [0.3, 0.4) is 0 Å². The largest absolute Gasteiger partial charge is 0.309 e. The Kier molecular flexibility index (Phi) is 4.40. The van der Waals surface area contributed by atoms with Crippen LogP contribution in [0.15, 0.2) is 0 Å². The van der Waals surface area contributed by atoms with Crippen molar-refractivity contribution in [2.75, 3.05) is 19.6 Å². The van der Waals surface area contributed by atoms with Crippen LogP contribution in [0.5, 0.6) is 0 Å². The molecule has 0 amide bonds. The number of likely N-dealkylation sites (tertiary alicyclic amines) is 1. The van der Waals surface area contributed by atoms with E-state index in [2.05, 4.69) is 36.1 Å². The van der Waals surface area contributed by atoms with Gasteiger partial charge in [0.25, 0.3) is 0 Å². The normalized spacial score (nSPS) is 18.4. The van der Waals surface area contributed by atoms with E-state index in [4.69, 9.17) is 0 Å². The van der Waals surface area contributed by atoms with Crippen molar-refractivity contribution in [3.05, 3.63) is 17.0 Å². The highest BCUT2D eigenvalue weighted by Gasteiger charge is 2.15. The highest BCUT2D eigenvalue weighted by molar-refractivity contribution is 5.24. The fourth-order valence-electron chi connectivity index (χ4n) is 2.77. The standard InChI is InChI=1S/C14H26N4/c1-11(10-18-7-5-6-8-18)15-9-14-12(2)16-17(4)13(14)3/h11,15H,5-10H2,1-4H3. The van der Waals surface area contributed by atoms with Gasteiger partial charge in [-0.1, -0.05) is 0 Å². The lowest BCUT2D eigenvalue weighted by Gasteiger charge is -2.21. The Morgan fingerprint density at radius 1 is 1.28 bits per heavy atom. The van der Waals surface area contributed by atoms with Crippen molar-refractivity contribution in [3.63, 3.8) is 0 Å². The third kappa shape index (κ3) is 3.12. The lowest BCUT2D eigenvalue weighted by atomic mass is 10.2. The van der Waals surface area contributed by atoms with E-state index in [1.807, 2.05) is 11.7 Å². The topological polar surface area (TPSA) is 33.1 Å². The molecule has 0 saturated carbocycles. The average molecular weight is 250 g/mol. The van der Waals surface area contributed by atoms with Crippen molar-refractivity contribution in [1.82, 2.24) is 20.0 Å². The second-order valence-corrected chi connectivity index (χ2v) is 5.56. The first kappa shape index (κ1) is 13.6. The Balaban J connectivity index is 1.83. The van der Waals surface area contributed by atoms with Crippen LogP contribution in [-0.4, -0.2) is 40.4 Å². The Bertz CT molecular complexity index is 391. The van der Waals surface area contributed by atoms with Crippen molar-refractivity contribution in [2.24, 2.45) is 7.05 Å². The summed E-state index contributed by atoms with van der Waals surface area (Å²) in [5, 5.41) is 8.08. The van der Waals surface area contributed by atoms with E-state index in [-0.39, 0.29) is 0 Å². The fraction of sp³-hybridized carbons (Fsp3) is 0.786. The summed E-state index contributed by atoms with van der Waals surface area (Å²) in [6.45, 7) is 11.2. The van der Waals surface area contributed by atoms with Crippen LogP contribution in [0.1, 0.15) is 36.7 Å². The number of nitrogens with one attached hydrogen (secondary N) is 1. The molecule has 1 aromatic rings. The molecule has 2 heterocycles. The van der Waals surface area contributed by atoms with Gasteiger partial charge >= 0.3 is 0 Å². The highest BCUT2D eigenvalue weighted by Crippen LogP contribution is 2.12. The van der Waals surface area contributed by atoms with Crippen LogP contribution in [0.2, 0.25) is 0 Å². The quantitative estimate of drug-likeness (QED) is 0.862. The summed E-state index contributed by atoms with van der Waals surface area (Å²) in [6.07, 6.45) is 2.74. The average Bonchev–Trinajstić information content (AvgIpc) is 2.88. The lowest BCUT2D eigenvalue weighted by Crippen LogP contribution is -2.37. The van der Waals surface area contributed by atoms with Gasteiger partial charge in [-0.15, -0.1) is 0 Å². The molecule has 1 saturated heterocycles. The maximum absolute atomic E-state index is 4.46. The van der Waals surface area contributed by atoms with E-state index in [0.29, 0.717) is 6.04 Å². The number of rotatable bonds is 5. The summed E-state index contributed by atoms with van der Waals surface area (Å²) in [4.78, 5) is 2.56. The lowest BCUT2D eigenvalue weighted by molar-refractivity contribution is 0.298. The predicted molar refractivity (Wildman–Crippen MR) is 74.7 cm³/mol. The number of hydrogen-bond acceptors (Lipinski definition) is 3. The molecule has 1 fully saturated rings. The van der Waals surface area contributed by atoms with E-state index < -0.39 is 0 Å². The Labute approximate surface area is 110 Å². The summed E-state index contributed by atoms with van der Waals surface area (Å²) in [6, 6.07) is 0.544. The van der Waals surface area contributed by atoms with Gasteiger partial charge in [0.1, 0.15) is 0 Å². The first-order chi connectivity index (χ1) is 8.58. The van der Waals surface area contributed by atoms with Gasteiger partial charge in [-0.25, -0.2) is 0 Å². The number of nitrogens with zero attached hydrogens (tertiary/aromatic N) is 3. The van der Waals surface area contributed by atoms with Gasteiger partial charge in [0.15, 0.2) is 0 Å². The first-order valence-electron chi connectivity index (χ1n) is 7.02. The van der Waals surface area contributed by atoms with Crippen LogP contribution in [0.4, 0.5) is 0 Å². The zero-order valence-electron chi connectivity index (χ0n) is 12.2. The van der Waals surface area contributed by atoms with Crippen molar-refractivity contribution in [3.8, 4) is 0 Å². The van der Waals surface area contributed by atoms with Crippen LogP contribution in [-0.2, 0) is 13.6 Å². The van der Waals surface area contributed by atoms with Crippen LogP contribution in [0.25, 0.3) is 0 Å². The zero-order chi connectivity index (χ0) is 13.1. The Morgan fingerprint density at radius 3 is 2.50 bits per heavy atom. The molecule has 18 heavy (non-hydrogen) atoms. The number of aryl methyl sites for hydroxylation is 2. The van der Waals surface area contributed by atoms with Crippen molar-refractivity contribution in [1.29, 1.82) is 0 Å². The first-order valence-corrected chi connectivity index (χ1v) is 7.02. The summed E-state index contributed by atoms with van der Waals surface area (Å²) in [5.74, 6) is 0. The molecule has 0 spiro atoms. The molecule has 1 aliphatic heterocycles. The van der Waals surface area contributed by atoms with E-state index >= 15 is 0 Å². The molecule has 1 aliphatic rings. The maximum atomic E-state index is 4.46. The fourth-order valence-corrected chi connectivity index (χ4v) is 2.77. The summed E-state index contributed by atoms with van der Waals surface area (Å²) in [5.41, 5.74) is 3.77. The predicted octanol–water partition coefficient (Wildman–Crippen LogP) is 1.61. The van der Waals surface area contributed by atoms with Gasteiger partial charge in [-0.2, -0.15) is 5.10 Å². The third-order valence-corrected chi connectivity index (χ3v) is 4.02. The second-order valence-electron chi connectivity index (χ2n) is 5.56. The molecule has 102 valence electrons. The van der Waals surface area contributed by atoms with Gasteiger partial charge in [-0.05, 0) is 46.7 Å². The molecule has 0 radical (unpaired) electrons. The zero-order valence-corrected chi connectivity index (χ0v) is 12.2. The molecule has 1 unspecified atom stereocenters. The van der Waals surface area contributed by atoms with E-state index in [1.54, 1.807) is 0 Å². The SMILES string of the molecule is Cc1nn(C)c(C)c1CNC(C)CN1CCCC1. The molecular weight excluding hydrogens is 224 g/mol. The summed E-state index contributed by atoms with van der Waals surface area (Å²) in [7, 11) is 2.01. The summed E-state index contributed by atoms with van der Waals surface area (Å²) >= 11 is 0. The van der Waals surface area contributed by atoms with Gasteiger partial charge in [-0.3, -0.25) is 4.68 Å². The van der Waals surface area contributed by atoms with Crippen molar-refractivity contribution in [2.45, 2.75) is 46.2 Å². The van der Waals surface area contributed by atoms with Crippen LogP contribution >= 0.6 is 0 Å². The van der Waals surface area contributed by atoms with Gasteiger partial charge in [0, 0.05) is 37.4 Å². The molecule has 0 bridgehead atoms. The maximum Gasteiger partial charge on any atom is 0.0641 e. The van der Waals surface area contributed by atoms with Crippen molar-refractivity contribution < 1.29 is 0 Å². The smallest absolute Gasteiger partial charge is 0.0641 e. The molecule has 0 aliphatic carbocycles. The van der Waals surface area contributed by atoms with E-state index in [1.165, 1.54) is 43.7 Å². The highest BCUT2D eigenvalue weighted by atomic mass is 15.3. The van der Waals surface area contributed by atoms with E-state index in [9.17, 15) is 0 Å². The van der Waals surface area contributed by atoms with Crippen LogP contribution in [0, 0.1) is 13.8 Å². The Morgan fingerprint density at radius 2 is 1.94 bits per heavy atom. The molecule has 2 rings (SSSR count). The van der Waals surface area contributed by atoms with Gasteiger partial charge in [0.05, 0.1) is 5.69 Å². The van der Waals surface area contributed by atoms with E-state index in [0.717, 1.165) is 12.2 Å². The molecule has 4 nitrogen and oxygen atoms in total. The minimum absolute atomic E-state index is 0.544. The molecule has 1 N–H and O–H groups in total. The Hall–Kier alpha value is -0.870. The van der Waals surface area contributed by atoms with Crippen LogP contribution < -0.4 is 5.32 Å². The minimum atomic E-state index is 0.544. The monoisotopic (exact) mass is 250 g/mol. The third-order valence-electron chi connectivity index (χ3n) is 4.02.